The van der Waals surface area contributed by atoms with E-state index in [2.05, 4.69) is 12.2 Å². The number of carbonyl (C=O) groups is 2. The van der Waals surface area contributed by atoms with Gasteiger partial charge in [-0.05, 0) is 36.6 Å². The summed E-state index contributed by atoms with van der Waals surface area (Å²) in [6.07, 6.45) is 6.97. The third-order valence-corrected chi connectivity index (χ3v) is 3.53. The Balaban J connectivity index is 1.90. The second kappa shape index (κ2) is 7.62. The maximum Gasteiger partial charge on any atom is 0.243 e. The van der Waals surface area contributed by atoms with E-state index < -0.39 is 0 Å². The van der Waals surface area contributed by atoms with Crippen LogP contribution in [0.15, 0.2) is 30.3 Å². The highest BCUT2D eigenvalue weighted by molar-refractivity contribution is 5.95. The lowest BCUT2D eigenvalue weighted by Crippen LogP contribution is -2.23. The van der Waals surface area contributed by atoms with Crippen molar-refractivity contribution in [1.29, 1.82) is 0 Å². The molecule has 1 aliphatic heterocycles. The maximum atomic E-state index is 11.7. The van der Waals surface area contributed by atoms with Gasteiger partial charge in [-0.15, -0.1) is 0 Å². The zero-order valence-corrected chi connectivity index (χ0v) is 12.5. The predicted octanol–water partition coefficient (Wildman–Crippen LogP) is 2.74. The Labute approximate surface area is 125 Å². The van der Waals surface area contributed by atoms with E-state index in [1.165, 1.54) is 0 Å². The van der Waals surface area contributed by atoms with Crippen LogP contribution in [0.4, 0.5) is 5.69 Å². The highest BCUT2D eigenvalue weighted by Gasteiger charge is 2.21. The summed E-state index contributed by atoms with van der Waals surface area (Å²) in [5, 5.41) is 2.84. The number of rotatable bonds is 6. The average Bonchev–Trinajstić information content (AvgIpc) is 2.92. The Morgan fingerprint density at radius 1 is 1.33 bits per heavy atom. The molecule has 0 unspecified atom stereocenters. The van der Waals surface area contributed by atoms with Gasteiger partial charge in [0.05, 0.1) is 0 Å². The van der Waals surface area contributed by atoms with Crippen LogP contribution in [0.5, 0.6) is 0 Å². The zero-order chi connectivity index (χ0) is 15.1. The van der Waals surface area contributed by atoms with Gasteiger partial charge < -0.3 is 10.2 Å². The van der Waals surface area contributed by atoms with Crippen LogP contribution in [-0.4, -0.2) is 24.9 Å². The predicted molar refractivity (Wildman–Crippen MR) is 85.0 cm³/mol. The summed E-state index contributed by atoms with van der Waals surface area (Å²) < 4.78 is 0. The quantitative estimate of drug-likeness (QED) is 0.645. The molecule has 0 radical (unpaired) electrons. The minimum absolute atomic E-state index is 0.0674. The lowest BCUT2D eigenvalue weighted by Gasteiger charge is -2.15. The Morgan fingerprint density at radius 3 is 2.71 bits per heavy atom. The van der Waals surface area contributed by atoms with Crippen LogP contribution in [0, 0.1) is 0 Å². The van der Waals surface area contributed by atoms with Gasteiger partial charge in [0.1, 0.15) is 0 Å². The fourth-order valence-electron chi connectivity index (χ4n) is 2.31. The van der Waals surface area contributed by atoms with E-state index in [-0.39, 0.29) is 11.8 Å². The van der Waals surface area contributed by atoms with Crippen LogP contribution in [0.1, 0.15) is 38.2 Å². The van der Waals surface area contributed by atoms with E-state index in [1.54, 1.807) is 12.2 Å². The van der Waals surface area contributed by atoms with E-state index >= 15 is 0 Å². The van der Waals surface area contributed by atoms with E-state index in [0.717, 1.165) is 43.6 Å². The molecular weight excluding hydrogens is 264 g/mol. The van der Waals surface area contributed by atoms with Crippen molar-refractivity contribution in [3.63, 3.8) is 0 Å². The summed E-state index contributed by atoms with van der Waals surface area (Å²) in [6.45, 7) is 3.61. The van der Waals surface area contributed by atoms with Gasteiger partial charge in [-0.25, -0.2) is 0 Å². The van der Waals surface area contributed by atoms with Crippen molar-refractivity contribution >= 4 is 23.6 Å². The van der Waals surface area contributed by atoms with Gasteiger partial charge in [-0.1, -0.05) is 25.5 Å². The molecule has 1 N–H and O–H groups in total. The molecule has 2 amide bonds. The number of hydrogen-bond donors (Lipinski definition) is 1. The van der Waals surface area contributed by atoms with Gasteiger partial charge in [0, 0.05) is 31.3 Å². The molecule has 1 heterocycles. The Morgan fingerprint density at radius 2 is 2.10 bits per heavy atom. The van der Waals surface area contributed by atoms with E-state index in [4.69, 9.17) is 0 Å². The molecule has 0 spiro atoms. The van der Waals surface area contributed by atoms with Crippen LogP contribution in [0.3, 0.4) is 0 Å². The highest BCUT2D eigenvalue weighted by Crippen LogP contribution is 2.21. The Kier molecular flexibility index (Phi) is 5.55. The fourth-order valence-corrected chi connectivity index (χ4v) is 2.31. The van der Waals surface area contributed by atoms with Gasteiger partial charge in [0.15, 0.2) is 0 Å². The summed E-state index contributed by atoms with van der Waals surface area (Å²) in [6, 6.07) is 7.71. The van der Waals surface area contributed by atoms with Gasteiger partial charge >= 0.3 is 0 Å². The molecule has 1 aromatic rings. The Hall–Kier alpha value is -2.10. The Bertz CT molecular complexity index is 520. The number of benzene rings is 1. The number of anilines is 1. The monoisotopic (exact) mass is 286 g/mol. The van der Waals surface area contributed by atoms with Gasteiger partial charge in [-0.2, -0.15) is 0 Å². The van der Waals surface area contributed by atoms with Crippen molar-refractivity contribution in [3.8, 4) is 0 Å². The topological polar surface area (TPSA) is 49.4 Å². The third kappa shape index (κ3) is 4.45. The number of nitrogens with one attached hydrogen (secondary N) is 1. The molecule has 4 heteroatoms. The molecule has 112 valence electrons. The van der Waals surface area contributed by atoms with E-state index in [0.29, 0.717) is 6.42 Å². The minimum Gasteiger partial charge on any atom is -0.353 e. The number of carbonyl (C=O) groups excluding carboxylic acids is 2. The summed E-state index contributed by atoms with van der Waals surface area (Å²) in [5.74, 6) is 0.121. The number of amides is 2. The van der Waals surface area contributed by atoms with Crippen LogP contribution in [0.2, 0.25) is 0 Å². The summed E-state index contributed by atoms with van der Waals surface area (Å²) in [7, 11) is 0. The first-order valence-corrected chi connectivity index (χ1v) is 7.57. The van der Waals surface area contributed by atoms with E-state index in [1.807, 2.05) is 29.2 Å². The lowest BCUT2D eigenvalue weighted by atomic mass is 10.2. The second-order valence-corrected chi connectivity index (χ2v) is 5.22. The first-order valence-electron chi connectivity index (χ1n) is 7.57. The molecule has 0 atom stereocenters. The fraction of sp³-hybridized carbons (Fsp3) is 0.412. The van der Waals surface area contributed by atoms with Crippen LogP contribution in [0.25, 0.3) is 6.08 Å². The molecule has 0 aliphatic carbocycles. The highest BCUT2D eigenvalue weighted by atomic mass is 16.2. The molecule has 4 nitrogen and oxygen atoms in total. The molecule has 0 saturated carbocycles. The van der Waals surface area contributed by atoms with Gasteiger partial charge in [-0.3, -0.25) is 9.59 Å². The van der Waals surface area contributed by atoms with Gasteiger partial charge in [0.25, 0.3) is 0 Å². The molecule has 21 heavy (non-hydrogen) atoms. The first kappa shape index (κ1) is 15.3. The molecule has 1 fully saturated rings. The van der Waals surface area contributed by atoms with Crippen molar-refractivity contribution in [1.82, 2.24) is 5.32 Å². The molecular formula is C17H22N2O2. The smallest absolute Gasteiger partial charge is 0.243 e. The standard InChI is InChI=1S/C17H22N2O2/c1-2-3-12-18-16(20)11-8-14-6-9-15(10-7-14)19-13-4-5-17(19)21/h6-11H,2-5,12-13H2,1H3,(H,18,20)/b11-8+. The van der Waals surface area contributed by atoms with Crippen LogP contribution < -0.4 is 10.2 Å². The van der Waals surface area contributed by atoms with Crippen LogP contribution >= 0.6 is 0 Å². The van der Waals surface area contributed by atoms with Crippen molar-refractivity contribution < 1.29 is 9.59 Å². The molecule has 1 saturated heterocycles. The second-order valence-electron chi connectivity index (χ2n) is 5.22. The molecule has 0 bridgehead atoms. The first-order chi connectivity index (χ1) is 10.2. The average molecular weight is 286 g/mol. The summed E-state index contributed by atoms with van der Waals surface area (Å²) in [5.41, 5.74) is 1.89. The van der Waals surface area contributed by atoms with Gasteiger partial charge in [0.2, 0.25) is 11.8 Å². The number of nitrogens with zero attached hydrogens (tertiary/aromatic N) is 1. The number of unbranched alkanes of at least 4 members (excludes halogenated alkanes) is 1. The molecule has 0 aromatic heterocycles. The molecule has 2 rings (SSSR count). The SMILES string of the molecule is CCCCNC(=O)/C=C/c1ccc(N2CCCC2=O)cc1. The van der Waals surface area contributed by atoms with Crippen molar-refractivity contribution in [2.75, 3.05) is 18.0 Å². The third-order valence-electron chi connectivity index (χ3n) is 3.53. The normalized spacial score (nSPS) is 14.9. The minimum atomic E-state index is -0.0674. The molecule has 1 aromatic carbocycles. The van der Waals surface area contributed by atoms with Crippen molar-refractivity contribution in [2.24, 2.45) is 0 Å². The summed E-state index contributed by atoms with van der Waals surface area (Å²) in [4.78, 5) is 25.0. The van der Waals surface area contributed by atoms with Crippen molar-refractivity contribution in [3.05, 3.63) is 35.9 Å². The maximum absolute atomic E-state index is 11.7. The lowest BCUT2D eigenvalue weighted by molar-refractivity contribution is -0.117. The summed E-state index contributed by atoms with van der Waals surface area (Å²) >= 11 is 0. The largest absolute Gasteiger partial charge is 0.353 e. The van der Waals surface area contributed by atoms with Crippen molar-refractivity contribution in [2.45, 2.75) is 32.6 Å². The van der Waals surface area contributed by atoms with Crippen LogP contribution in [-0.2, 0) is 9.59 Å². The van der Waals surface area contributed by atoms with E-state index in [9.17, 15) is 9.59 Å². The number of hydrogen-bond acceptors (Lipinski definition) is 2. The zero-order valence-electron chi connectivity index (χ0n) is 12.5. The molecule has 1 aliphatic rings.